The molecule has 4 N–H and O–H groups in total. The fraction of sp³-hybridized carbons (Fsp3) is 0.667. The maximum Gasteiger partial charge on any atom is 0.408 e. The number of alkyl carbamates (subject to hydrolysis) is 1. The van der Waals surface area contributed by atoms with E-state index in [1.807, 2.05) is 40.7 Å². The molecule has 1 amide bonds. The van der Waals surface area contributed by atoms with E-state index in [2.05, 4.69) is 31.1 Å². The third kappa shape index (κ3) is 8.08. The van der Waals surface area contributed by atoms with Crippen LogP contribution < -0.4 is 16.0 Å². The summed E-state index contributed by atoms with van der Waals surface area (Å²) >= 11 is 0. The highest BCUT2D eigenvalue weighted by molar-refractivity contribution is 5.79. The number of hydrogen-bond acceptors (Lipinski definition) is 4. The van der Waals surface area contributed by atoms with Crippen molar-refractivity contribution in [3.05, 3.63) is 18.0 Å². The van der Waals surface area contributed by atoms with Crippen molar-refractivity contribution in [2.24, 2.45) is 4.99 Å². The van der Waals surface area contributed by atoms with Crippen LogP contribution in [-0.2, 0) is 11.3 Å². The van der Waals surface area contributed by atoms with Crippen molar-refractivity contribution in [3.8, 4) is 0 Å². The molecule has 23 heavy (non-hydrogen) atoms. The van der Waals surface area contributed by atoms with Crippen molar-refractivity contribution < 1.29 is 9.53 Å². The predicted octanol–water partition coefficient (Wildman–Crippen LogP) is 1.38. The van der Waals surface area contributed by atoms with Crippen LogP contribution in [0, 0.1) is 0 Å². The van der Waals surface area contributed by atoms with Crippen LogP contribution >= 0.6 is 0 Å². The molecule has 0 atom stereocenters. The number of aliphatic imine (C=N–C) groups is 1. The van der Waals surface area contributed by atoms with Gasteiger partial charge in [0.1, 0.15) is 5.60 Å². The summed E-state index contributed by atoms with van der Waals surface area (Å²) in [6.07, 6.45) is 1.26. The van der Waals surface area contributed by atoms with E-state index in [1.54, 1.807) is 13.2 Å². The Morgan fingerprint density at radius 2 is 2.00 bits per heavy atom. The van der Waals surface area contributed by atoms with Crippen LogP contribution in [0.25, 0.3) is 0 Å². The molecule has 1 aromatic rings. The van der Waals surface area contributed by atoms with Gasteiger partial charge in [-0.05, 0) is 40.7 Å². The fourth-order valence-corrected chi connectivity index (χ4v) is 1.71. The Morgan fingerprint density at radius 1 is 1.30 bits per heavy atom. The molecule has 0 saturated carbocycles. The molecule has 0 aliphatic rings. The molecule has 8 nitrogen and oxygen atoms in total. The van der Waals surface area contributed by atoms with Gasteiger partial charge in [-0.25, -0.2) is 4.79 Å². The zero-order chi connectivity index (χ0) is 17.5. The lowest BCUT2D eigenvalue weighted by Crippen LogP contribution is -2.54. The zero-order valence-corrected chi connectivity index (χ0v) is 14.8. The van der Waals surface area contributed by atoms with E-state index in [0.717, 1.165) is 5.69 Å². The Labute approximate surface area is 137 Å². The monoisotopic (exact) mass is 324 g/mol. The molecule has 130 valence electrons. The summed E-state index contributed by atoms with van der Waals surface area (Å²) < 4.78 is 5.27. The van der Waals surface area contributed by atoms with E-state index in [4.69, 9.17) is 4.74 Å². The molecule has 0 aliphatic carbocycles. The van der Waals surface area contributed by atoms with Gasteiger partial charge in [-0.3, -0.25) is 10.1 Å². The molecule has 0 aliphatic heterocycles. The molecule has 1 rings (SSSR count). The minimum atomic E-state index is -0.519. The lowest BCUT2D eigenvalue weighted by atomic mass is 10.1. The maximum absolute atomic E-state index is 11.9. The van der Waals surface area contributed by atoms with Crippen molar-refractivity contribution in [1.82, 2.24) is 26.1 Å². The predicted molar refractivity (Wildman–Crippen MR) is 90.2 cm³/mol. The first kappa shape index (κ1) is 18.8. The Balaban J connectivity index is 2.42. The molecule has 0 fully saturated rings. The summed E-state index contributed by atoms with van der Waals surface area (Å²) in [5.41, 5.74) is -0.0532. The smallest absolute Gasteiger partial charge is 0.408 e. The Bertz CT molecular complexity index is 517. The maximum atomic E-state index is 11.9. The number of aromatic amines is 1. The average molecular weight is 324 g/mol. The number of nitrogens with zero attached hydrogens (tertiary/aromatic N) is 2. The normalized spacial score (nSPS) is 12.7. The summed E-state index contributed by atoms with van der Waals surface area (Å²) in [7, 11) is 1.69. The van der Waals surface area contributed by atoms with Crippen LogP contribution in [0.5, 0.6) is 0 Å². The number of carbonyl (C=O) groups is 1. The lowest BCUT2D eigenvalue weighted by Gasteiger charge is -2.29. The number of guanidine groups is 1. The van der Waals surface area contributed by atoms with Gasteiger partial charge in [0.25, 0.3) is 0 Å². The molecule has 8 heteroatoms. The number of rotatable bonds is 5. The molecule has 0 bridgehead atoms. The Kier molecular flexibility index (Phi) is 6.41. The van der Waals surface area contributed by atoms with Gasteiger partial charge < -0.3 is 20.7 Å². The highest BCUT2D eigenvalue weighted by atomic mass is 16.6. The number of ether oxygens (including phenoxy) is 1. The minimum Gasteiger partial charge on any atom is -0.444 e. The van der Waals surface area contributed by atoms with Gasteiger partial charge >= 0.3 is 6.09 Å². The third-order valence-electron chi connectivity index (χ3n) is 2.77. The van der Waals surface area contributed by atoms with E-state index < -0.39 is 17.2 Å². The standard InChI is InChI=1S/C15H28N6O2/c1-14(2,3)23-13(22)20-15(4,5)10-18-12(16-6)17-9-11-7-8-19-21-11/h7-8H,9-10H2,1-6H3,(H,19,21)(H,20,22)(H2,16,17,18). The van der Waals surface area contributed by atoms with Crippen molar-refractivity contribution in [1.29, 1.82) is 0 Å². The molecule has 0 aromatic carbocycles. The first-order chi connectivity index (χ1) is 10.6. The van der Waals surface area contributed by atoms with E-state index in [1.165, 1.54) is 0 Å². The first-order valence-electron chi connectivity index (χ1n) is 7.55. The van der Waals surface area contributed by atoms with Crippen molar-refractivity contribution in [2.75, 3.05) is 13.6 Å². The molecule has 1 heterocycles. The van der Waals surface area contributed by atoms with Gasteiger partial charge in [0.05, 0.1) is 17.8 Å². The molecular weight excluding hydrogens is 296 g/mol. The molecule has 1 aromatic heterocycles. The number of H-pyrrole nitrogens is 1. The highest BCUT2D eigenvalue weighted by Gasteiger charge is 2.24. The van der Waals surface area contributed by atoms with E-state index in [9.17, 15) is 4.79 Å². The lowest BCUT2D eigenvalue weighted by molar-refractivity contribution is 0.0474. The number of amides is 1. The van der Waals surface area contributed by atoms with Gasteiger partial charge in [0.2, 0.25) is 0 Å². The fourth-order valence-electron chi connectivity index (χ4n) is 1.71. The minimum absolute atomic E-state index is 0.440. The average Bonchev–Trinajstić information content (AvgIpc) is 2.88. The molecule has 0 saturated heterocycles. The van der Waals surface area contributed by atoms with Gasteiger partial charge in [0.15, 0.2) is 5.96 Å². The Hall–Kier alpha value is -2.25. The topological polar surface area (TPSA) is 103 Å². The Morgan fingerprint density at radius 3 is 2.52 bits per heavy atom. The van der Waals surface area contributed by atoms with E-state index in [0.29, 0.717) is 19.0 Å². The third-order valence-corrected chi connectivity index (χ3v) is 2.77. The number of nitrogens with one attached hydrogen (secondary N) is 4. The summed E-state index contributed by atoms with van der Waals surface area (Å²) in [4.78, 5) is 16.0. The van der Waals surface area contributed by atoms with Gasteiger partial charge in [-0.15, -0.1) is 0 Å². The van der Waals surface area contributed by atoms with Crippen molar-refractivity contribution >= 4 is 12.1 Å². The first-order valence-corrected chi connectivity index (χ1v) is 7.55. The van der Waals surface area contributed by atoms with Crippen LogP contribution in [0.15, 0.2) is 17.3 Å². The highest BCUT2D eigenvalue weighted by Crippen LogP contribution is 2.09. The van der Waals surface area contributed by atoms with Crippen LogP contribution in [0.2, 0.25) is 0 Å². The van der Waals surface area contributed by atoms with E-state index in [-0.39, 0.29) is 0 Å². The number of carbonyl (C=O) groups excluding carboxylic acids is 1. The molecule has 0 radical (unpaired) electrons. The van der Waals surface area contributed by atoms with Crippen LogP contribution in [-0.4, -0.2) is 47.0 Å². The largest absolute Gasteiger partial charge is 0.444 e. The molecular formula is C15H28N6O2. The number of aromatic nitrogens is 2. The van der Waals surface area contributed by atoms with Crippen molar-refractivity contribution in [3.63, 3.8) is 0 Å². The van der Waals surface area contributed by atoms with Gasteiger partial charge in [-0.2, -0.15) is 5.10 Å². The second-order valence-corrected chi connectivity index (χ2v) is 6.87. The summed E-state index contributed by atoms with van der Waals surface area (Å²) in [5, 5.41) is 15.9. The van der Waals surface area contributed by atoms with Crippen LogP contribution in [0.1, 0.15) is 40.3 Å². The van der Waals surface area contributed by atoms with Gasteiger partial charge in [0, 0.05) is 19.8 Å². The SMILES string of the molecule is CN=C(NCc1ccn[nH]1)NCC(C)(C)NC(=O)OC(C)(C)C. The zero-order valence-electron chi connectivity index (χ0n) is 14.8. The number of hydrogen-bond donors (Lipinski definition) is 4. The second kappa shape index (κ2) is 7.85. The van der Waals surface area contributed by atoms with Crippen molar-refractivity contribution in [2.45, 2.75) is 52.3 Å². The van der Waals surface area contributed by atoms with Gasteiger partial charge in [-0.1, -0.05) is 0 Å². The molecule has 0 unspecified atom stereocenters. The van der Waals surface area contributed by atoms with E-state index >= 15 is 0 Å². The summed E-state index contributed by atoms with van der Waals surface area (Å²) in [5.74, 6) is 0.638. The second-order valence-electron chi connectivity index (χ2n) is 6.87. The van der Waals surface area contributed by atoms with Crippen LogP contribution in [0.4, 0.5) is 4.79 Å². The molecule has 0 spiro atoms. The summed E-state index contributed by atoms with van der Waals surface area (Å²) in [6, 6.07) is 1.88. The summed E-state index contributed by atoms with van der Waals surface area (Å²) in [6.45, 7) is 10.4. The van der Waals surface area contributed by atoms with Crippen LogP contribution in [0.3, 0.4) is 0 Å². The quantitative estimate of drug-likeness (QED) is 0.484.